The van der Waals surface area contributed by atoms with Crippen LogP contribution in [0.25, 0.3) is 0 Å². The first kappa shape index (κ1) is 11.6. The standard InChI is InChI=1S/C14H22N2/c1-14(2)7-3-4-12(14)13(15)10-11-5-8-16-9-6-11/h5-6,8-9,12-13H,3-4,7,10,15H2,1-2H3. The Bertz CT molecular complexity index is 332. The number of hydrogen-bond donors (Lipinski definition) is 1. The van der Waals surface area contributed by atoms with Crippen LogP contribution in [-0.4, -0.2) is 11.0 Å². The zero-order chi connectivity index (χ0) is 11.6. The van der Waals surface area contributed by atoms with E-state index in [1.807, 2.05) is 12.4 Å². The van der Waals surface area contributed by atoms with Crippen LogP contribution in [0.5, 0.6) is 0 Å². The Hall–Kier alpha value is -0.890. The normalized spacial score (nSPS) is 25.6. The highest BCUT2D eigenvalue weighted by Gasteiger charge is 2.37. The van der Waals surface area contributed by atoms with Crippen molar-refractivity contribution < 1.29 is 0 Å². The zero-order valence-electron chi connectivity index (χ0n) is 10.3. The lowest BCUT2D eigenvalue weighted by atomic mass is 9.76. The van der Waals surface area contributed by atoms with E-state index < -0.39 is 0 Å². The van der Waals surface area contributed by atoms with Gasteiger partial charge < -0.3 is 5.73 Å². The topological polar surface area (TPSA) is 38.9 Å². The summed E-state index contributed by atoms with van der Waals surface area (Å²) in [4.78, 5) is 4.04. The van der Waals surface area contributed by atoms with Crippen molar-refractivity contribution in [2.45, 2.75) is 45.6 Å². The largest absolute Gasteiger partial charge is 0.327 e. The third-order valence-electron chi connectivity index (χ3n) is 4.08. The van der Waals surface area contributed by atoms with E-state index in [2.05, 4.69) is 31.0 Å². The first-order valence-electron chi connectivity index (χ1n) is 6.24. The SMILES string of the molecule is CC1(C)CCCC1C(N)Cc1ccncc1. The molecule has 0 bridgehead atoms. The Balaban J connectivity index is 2.01. The van der Waals surface area contributed by atoms with Crippen molar-refractivity contribution >= 4 is 0 Å². The molecule has 1 aromatic rings. The van der Waals surface area contributed by atoms with E-state index >= 15 is 0 Å². The molecule has 2 rings (SSSR count). The minimum atomic E-state index is 0.292. The van der Waals surface area contributed by atoms with Crippen LogP contribution < -0.4 is 5.73 Å². The molecule has 2 atom stereocenters. The van der Waals surface area contributed by atoms with Crippen LogP contribution in [0.3, 0.4) is 0 Å². The minimum Gasteiger partial charge on any atom is -0.327 e. The number of nitrogens with two attached hydrogens (primary N) is 1. The predicted octanol–water partition coefficient (Wildman–Crippen LogP) is 2.78. The average molecular weight is 218 g/mol. The summed E-state index contributed by atoms with van der Waals surface area (Å²) in [5.41, 5.74) is 8.10. The molecule has 2 heteroatoms. The Labute approximate surface area is 98.3 Å². The number of rotatable bonds is 3. The monoisotopic (exact) mass is 218 g/mol. The van der Waals surface area contributed by atoms with E-state index in [9.17, 15) is 0 Å². The molecule has 1 heterocycles. The molecule has 1 saturated carbocycles. The van der Waals surface area contributed by atoms with E-state index in [0.717, 1.165) is 6.42 Å². The second-order valence-corrected chi connectivity index (χ2v) is 5.71. The van der Waals surface area contributed by atoms with Crippen molar-refractivity contribution in [1.82, 2.24) is 4.98 Å². The van der Waals surface area contributed by atoms with Gasteiger partial charge in [0.15, 0.2) is 0 Å². The van der Waals surface area contributed by atoms with Crippen LogP contribution >= 0.6 is 0 Å². The number of hydrogen-bond acceptors (Lipinski definition) is 2. The summed E-state index contributed by atoms with van der Waals surface area (Å²) < 4.78 is 0. The Morgan fingerprint density at radius 1 is 1.44 bits per heavy atom. The molecule has 16 heavy (non-hydrogen) atoms. The maximum atomic E-state index is 6.37. The Morgan fingerprint density at radius 3 is 2.69 bits per heavy atom. The molecular weight excluding hydrogens is 196 g/mol. The van der Waals surface area contributed by atoms with Crippen LogP contribution in [0.1, 0.15) is 38.7 Å². The summed E-state index contributed by atoms with van der Waals surface area (Å²) in [7, 11) is 0. The van der Waals surface area contributed by atoms with Gasteiger partial charge in [0, 0.05) is 18.4 Å². The summed E-state index contributed by atoms with van der Waals surface area (Å²) in [6.07, 6.45) is 8.63. The molecule has 0 aromatic carbocycles. The molecule has 0 amide bonds. The fourth-order valence-electron chi connectivity index (χ4n) is 3.08. The van der Waals surface area contributed by atoms with Crippen molar-refractivity contribution in [3.05, 3.63) is 30.1 Å². The molecule has 0 saturated heterocycles. The molecule has 1 aromatic heterocycles. The van der Waals surface area contributed by atoms with Crippen LogP contribution in [0.15, 0.2) is 24.5 Å². The summed E-state index contributed by atoms with van der Waals surface area (Å²) >= 11 is 0. The summed E-state index contributed by atoms with van der Waals surface area (Å²) in [5, 5.41) is 0. The second kappa shape index (κ2) is 4.54. The Morgan fingerprint density at radius 2 is 2.12 bits per heavy atom. The van der Waals surface area contributed by atoms with Crippen molar-refractivity contribution in [3.8, 4) is 0 Å². The van der Waals surface area contributed by atoms with Gasteiger partial charge >= 0.3 is 0 Å². The van der Waals surface area contributed by atoms with Crippen LogP contribution in [0.4, 0.5) is 0 Å². The maximum Gasteiger partial charge on any atom is 0.0270 e. The molecule has 1 aliphatic carbocycles. The molecule has 1 fully saturated rings. The molecule has 0 spiro atoms. The van der Waals surface area contributed by atoms with Gasteiger partial charge in [-0.25, -0.2) is 0 Å². The van der Waals surface area contributed by atoms with Gasteiger partial charge in [-0.2, -0.15) is 0 Å². The van der Waals surface area contributed by atoms with Gasteiger partial charge in [-0.1, -0.05) is 20.3 Å². The maximum absolute atomic E-state index is 6.37. The van der Waals surface area contributed by atoms with Crippen molar-refractivity contribution in [3.63, 3.8) is 0 Å². The van der Waals surface area contributed by atoms with E-state index in [0.29, 0.717) is 17.4 Å². The molecule has 88 valence electrons. The van der Waals surface area contributed by atoms with Gasteiger partial charge in [0.25, 0.3) is 0 Å². The molecule has 0 aliphatic heterocycles. The number of aromatic nitrogens is 1. The van der Waals surface area contributed by atoms with Gasteiger partial charge in [-0.15, -0.1) is 0 Å². The summed E-state index contributed by atoms with van der Waals surface area (Å²) in [6, 6.07) is 4.43. The third-order valence-corrected chi connectivity index (χ3v) is 4.08. The molecule has 2 unspecified atom stereocenters. The molecule has 0 radical (unpaired) electrons. The fourth-order valence-corrected chi connectivity index (χ4v) is 3.08. The van der Waals surface area contributed by atoms with Gasteiger partial charge in [-0.3, -0.25) is 4.98 Å². The van der Waals surface area contributed by atoms with Crippen molar-refractivity contribution in [1.29, 1.82) is 0 Å². The van der Waals surface area contributed by atoms with E-state index in [1.54, 1.807) is 0 Å². The second-order valence-electron chi connectivity index (χ2n) is 5.71. The molecule has 2 nitrogen and oxygen atoms in total. The summed E-state index contributed by atoms with van der Waals surface area (Å²) in [6.45, 7) is 4.72. The molecule has 2 N–H and O–H groups in total. The summed E-state index contributed by atoms with van der Waals surface area (Å²) in [5.74, 6) is 0.667. The Kier molecular flexibility index (Phi) is 3.29. The third kappa shape index (κ3) is 2.43. The lowest BCUT2D eigenvalue weighted by Crippen LogP contribution is -2.38. The van der Waals surface area contributed by atoms with Gasteiger partial charge in [0.1, 0.15) is 0 Å². The highest BCUT2D eigenvalue weighted by molar-refractivity contribution is 5.12. The quantitative estimate of drug-likeness (QED) is 0.847. The molecular formula is C14H22N2. The van der Waals surface area contributed by atoms with Crippen molar-refractivity contribution in [2.24, 2.45) is 17.1 Å². The first-order valence-corrected chi connectivity index (χ1v) is 6.24. The lowest BCUT2D eigenvalue weighted by molar-refractivity contribution is 0.220. The van der Waals surface area contributed by atoms with E-state index in [-0.39, 0.29) is 0 Å². The van der Waals surface area contributed by atoms with Gasteiger partial charge in [-0.05, 0) is 48.3 Å². The van der Waals surface area contributed by atoms with E-state index in [1.165, 1.54) is 24.8 Å². The van der Waals surface area contributed by atoms with E-state index in [4.69, 9.17) is 5.73 Å². The van der Waals surface area contributed by atoms with Crippen molar-refractivity contribution in [2.75, 3.05) is 0 Å². The zero-order valence-corrected chi connectivity index (χ0v) is 10.3. The number of pyridine rings is 1. The predicted molar refractivity (Wildman–Crippen MR) is 67.0 cm³/mol. The highest BCUT2D eigenvalue weighted by Crippen LogP contribution is 2.44. The van der Waals surface area contributed by atoms with Gasteiger partial charge in [0.2, 0.25) is 0 Å². The van der Waals surface area contributed by atoms with Crippen LogP contribution in [-0.2, 0) is 6.42 Å². The smallest absolute Gasteiger partial charge is 0.0270 e. The number of nitrogens with zero attached hydrogens (tertiary/aromatic N) is 1. The highest BCUT2D eigenvalue weighted by atomic mass is 14.7. The first-order chi connectivity index (χ1) is 7.59. The average Bonchev–Trinajstić information content (AvgIpc) is 2.59. The lowest BCUT2D eigenvalue weighted by Gasteiger charge is -2.32. The van der Waals surface area contributed by atoms with Crippen LogP contribution in [0, 0.1) is 11.3 Å². The molecule has 1 aliphatic rings. The van der Waals surface area contributed by atoms with Crippen LogP contribution in [0.2, 0.25) is 0 Å². The fraction of sp³-hybridized carbons (Fsp3) is 0.643. The minimum absolute atomic E-state index is 0.292. The van der Waals surface area contributed by atoms with Gasteiger partial charge in [0.05, 0.1) is 0 Å².